The van der Waals surface area contributed by atoms with Gasteiger partial charge in [-0.1, -0.05) is 13.3 Å². The van der Waals surface area contributed by atoms with E-state index in [4.69, 9.17) is 4.74 Å². The van der Waals surface area contributed by atoms with Gasteiger partial charge in [0.2, 0.25) is 10.0 Å². The number of carbonyl (C=O) groups excluding carboxylic acids is 1. The number of hydrogen-bond donors (Lipinski definition) is 3. The molecule has 0 saturated heterocycles. The molecule has 1 aliphatic rings. The van der Waals surface area contributed by atoms with Crippen LogP contribution in [0.2, 0.25) is 0 Å². The van der Waals surface area contributed by atoms with Gasteiger partial charge in [-0.3, -0.25) is 4.79 Å². The maximum atomic E-state index is 12.7. The fraction of sp³-hybridized carbons (Fsp3) is 0.556. The van der Waals surface area contributed by atoms with Crippen LogP contribution in [0, 0.1) is 5.92 Å². The highest BCUT2D eigenvalue weighted by Gasteiger charge is 2.43. The first-order valence-electron chi connectivity index (χ1n) is 8.86. The van der Waals surface area contributed by atoms with Crippen LogP contribution in [-0.2, 0) is 14.8 Å². The molecule has 2 rings (SSSR count). The predicted octanol–water partition coefficient (Wildman–Crippen LogP) is 1.76. The molecular formula is C18H26N2O6S. The number of methoxy groups -OCH3 is 1. The second-order valence-electron chi connectivity index (χ2n) is 6.77. The Balaban J connectivity index is 2.32. The van der Waals surface area contributed by atoms with Crippen LogP contribution in [0.5, 0.6) is 5.75 Å². The Morgan fingerprint density at radius 3 is 2.41 bits per heavy atom. The number of nitrogens with one attached hydrogen (secondary N) is 2. The molecule has 150 valence electrons. The van der Waals surface area contributed by atoms with Gasteiger partial charge in [0, 0.05) is 5.56 Å². The second kappa shape index (κ2) is 8.26. The van der Waals surface area contributed by atoms with E-state index in [1.165, 1.54) is 32.4 Å². The largest absolute Gasteiger partial charge is 0.495 e. The van der Waals surface area contributed by atoms with E-state index in [0.717, 1.165) is 19.3 Å². The third-order valence-corrected chi connectivity index (χ3v) is 6.72. The number of ether oxygens (including phenoxy) is 1. The van der Waals surface area contributed by atoms with E-state index < -0.39 is 27.4 Å². The lowest BCUT2D eigenvalue weighted by atomic mass is 9.75. The summed E-state index contributed by atoms with van der Waals surface area (Å²) in [7, 11) is -1.26. The molecule has 1 amide bonds. The number of aliphatic carboxylic acids is 1. The summed E-state index contributed by atoms with van der Waals surface area (Å²) in [4.78, 5) is 24.4. The van der Waals surface area contributed by atoms with E-state index in [1.807, 2.05) is 0 Å². The predicted molar refractivity (Wildman–Crippen MR) is 99.3 cm³/mol. The van der Waals surface area contributed by atoms with Crippen LogP contribution in [0.1, 0.15) is 49.4 Å². The number of rotatable bonds is 7. The monoisotopic (exact) mass is 398 g/mol. The van der Waals surface area contributed by atoms with Crippen LogP contribution in [0.4, 0.5) is 0 Å². The van der Waals surface area contributed by atoms with Gasteiger partial charge in [-0.15, -0.1) is 0 Å². The third kappa shape index (κ3) is 4.41. The van der Waals surface area contributed by atoms with E-state index in [0.29, 0.717) is 18.8 Å². The summed E-state index contributed by atoms with van der Waals surface area (Å²) >= 11 is 0. The number of sulfonamides is 1. The van der Waals surface area contributed by atoms with Crippen molar-refractivity contribution >= 4 is 21.9 Å². The van der Waals surface area contributed by atoms with Crippen molar-refractivity contribution in [2.75, 3.05) is 14.2 Å². The van der Waals surface area contributed by atoms with Crippen molar-refractivity contribution in [3.05, 3.63) is 23.8 Å². The Labute approximate surface area is 159 Å². The number of carbonyl (C=O) groups is 2. The zero-order valence-electron chi connectivity index (χ0n) is 15.7. The van der Waals surface area contributed by atoms with Crippen molar-refractivity contribution in [2.45, 2.75) is 49.5 Å². The Morgan fingerprint density at radius 1 is 1.30 bits per heavy atom. The first kappa shape index (κ1) is 21.2. The molecule has 1 fully saturated rings. The van der Waals surface area contributed by atoms with Gasteiger partial charge in [0.05, 0.1) is 7.11 Å². The lowest BCUT2D eigenvalue weighted by Crippen LogP contribution is -2.56. The minimum absolute atomic E-state index is 0.0582. The van der Waals surface area contributed by atoms with Crippen molar-refractivity contribution in [3.8, 4) is 5.75 Å². The van der Waals surface area contributed by atoms with Gasteiger partial charge >= 0.3 is 5.97 Å². The van der Waals surface area contributed by atoms with Crippen molar-refractivity contribution in [1.29, 1.82) is 0 Å². The molecule has 0 spiro atoms. The highest BCUT2D eigenvalue weighted by molar-refractivity contribution is 7.89. The minimum atomic E-state index is -3.84. The molecule has 1 aliphatic carbocycles. The van der Waals surface area contributed by atoms with Crippen molar-refractivity contribution in [2.24, 2.45) is 5.92 Å². The molecule has 0 aliphatic heterocycles. The van der Waals surface area contributed by atoms with Gasteiger partial charge in [0.15, 0.2) is 0 Å². The highest BCUT2D eigenvalue weighted by Crippen LogP contribution is 2.34. The molecule has 0 atom stereocenters. The Hall–Kier alpha value is -2.13. The number of amides is 1. The molecular weight excluding hydrogens is 372 g/mol. The van der Waals surface area contributed by atoms with Crippen LogP contribution in [0.25, 0.3) is 0 Å². The number of carboxylic acids is 1. The van der Waals surface area contributed by atoms with Gasteiger partial charge in [-0.25, -0.2) is 17.9 Å². The standard InChI is InChI=1S/C18H26N2O6S/c1-4-12-7-9-18(10-8-12,17(22)23)20-16(21)13-5-6-14(26-3)15(11-13)27(24,25)19-2/h5-6,11-12,19H,4,7-10H2,1-3H3,(H,20,21)(H,22,23). The fourth-order valence-corrected chi connectivity index (χ4v) is 4.32. The number of hydrogen-bond acceptors (Lipinski definition) is 5. The topological polar surface area (TPSA) is 122 Å². The molecule has 0 aromatic heterocycles. The quantitative estimate of drug-likeness (QED) is 0.643. The van der Waals surface area contributed by atoms with Crippen LogP contribution in [0.3, 0.4) is 0 Å². The average molecular weight is 398 g/mol. The maximum Gasteiger partial charge on any atom is 0.329 e. The minimum Gasteiger partial charge on any atom is -0.495 e. The molecule has 8 nitrogen and oxygen atoms in total. The van der Waals surface area contributed by atoms with E-state index in [2.05, 4.69) is 17.0 Å². The third-order valence-electron chi connectivity index (χ3n) is 5.28. The van der Waals surface area contributed by atoms with E-state index in [1.54, 1.807) is 0 Å². The fourth-order valence-electron chi connectivity index (χ4n) is 3.40. The van der Waals surface area contributed by atoms with Gasteiger partial charge < -0.3 is 15.2 Å². The van der Waals surface area contributed by atoms with Crippen LogP contribution >= 0.6 is 0 Å². The number of carboxylic acid groups (broad SMARTS) is 1. The van der Waals surface area contributed by atoms with E-state index >= 15 is 0 Å². The summed E-state index contributed by atoms with van der Waals surface area (Å²) in [6.45, 7) is 2.07. The zero-order valence-corrected chi connectivity index (χ0v) is 16.6. The Morgan fingerprint density at radius 2 is 1.93 bits per heavy atom. The molecule has 0 unspecified atom stereocenters. The van der Waals surface area contributed by atoms with E-state index in [9.17, 15) is 23.1 Å². The normalized spacial score (nSPS) is 22.9. The summed E-state index contributed by atoms with van der Waals surface area (Å²) in [6.07, 6.45) is 3.14. The Kier molecular flexibility index (Phi) is 6.48. The average Bonchev–Trinajstić information content (AvgIpc) is 2.67. The molecule has 1 aromatic carbocycles. The van der Waals surface area contributed by atoms with Crippen molar-refractivity contribution < 1.29 is 27.9 Å². The summed E-state index contributed by atoms with van der Waals surface area (Å²) in [5.41, 5.74) is -1.27. The van der Waals surface area contributed by atoms with Crippen LogP contribution in [0.15, 0.2) is 23.1 Å². The highest BCUT2D eigenvalue weighted by atomic mass is 32.2. The molecule has 0 bridgehead atoms. The first-order valence-corrected chi connectivity index (χ1v) is 10.3. The SMILES string of the molecule is CCC1CCC(NC(=O)c2ccc(OC)c(S(=O)(=O)NC)c2)(C(=O)O)CC1. The van der Waals surface area contributed by atoms with Crippen LogP contribution < -0.4 is 14.8 Å². The molecule has 3 N–H and O–H groups in total. The molecule has 9 heteroatoms. The van der Waals surface area contributed by atoms with Gasteiger partial charge in [-0.2, -0.15) is 0 Å². The van der Waals surface area contributed by atoms with Crippen LogP contribution in [-0.4, -0.2) is 45.1 Å². The summed E-state index contributed by atoms with van der Waals surface area (Å²) < 4.78 is 31.6. The van der Waals surface area contributed by atoms with Gasteiger partial charge in [0.1, 0.15) is 16.2 Å². The maximum absolute atomic E-state index is 12.7. The van der Waals surface area contributed by atoms with E-state index in [-0.39, 0.29) is 16.2 Å². The molecule has 0 heterocycles. The molecule has 1 saturated carbocycles. The second-order valence-corrected chi connectivity index (χ2v) is 8.62. The Bertz CT molecular complexity index is 813. The first-order chi connectivity index (χ1) is 12.7. The number of benzene rings is 1. The summed E-state index contributed by atoms with van der Waals surface area (Å²) in [5, 5.41) is 12.3. The summed E-state index contributed by atoms with van der Waals surface area (Å²) in [5.74, 6) is -1.13. The van der Waals surface area contributed by atoms with Gasteiger partial charge in [-0.05, 0) is 56.8 Å². The van der Waals surface area contributed by atoms with Gasteiger partial charge in [0.25, 0.3) is 5.91 Å². The molecule has 0 radical (unpaired) electrons. The lowest BCUT2D eigenvalue weighted by molar-refractivity contribution is -0.146. The van der Waals surface area contributed by atoms with Crippen molar-refractivity contribution in [1.82, 2.24) is 10.0 Å². The summed E-state index contributed by atoms with van der Waals surface area (Å²) in [6, 6.07) is 3.98. The smallest absolute Gasteiger partial charge is 0.329 e. The van der Waals surface area contributed by atoms with Crippen molar-refractivity contribution in [3.63, 3.8) is 0 Å². The lowest BCUT2D eigenvalue weighted by Gasteiger charge is -2.37. The molecule has 1 aromatic rings. The zero-order chi connectivity index (χ0) is 20.2. The molecule has 27 heavy (non-hydrogen) atoms.